The van der Waals surface area contributed by atoms with Gasteiger partial charge in [0, 0.05) is 6.54 Å². The van der Waals surface area contributed by atoms with E-state index < -0.39 is 5.60 Å². The summed E-state index contributed by atoms with van der Waals surface area (Å²) >= 11 is 0. The molecule has 1 aromatic carbocycles. The van der Waals surface area contributed by atoms with Gasteiger partial charge in [0.1, 0.15) is 5.60 Å². The summed E-state index contributed by atoms with van der Waals surface area (Å²) in [7, 11) is 0. The summed E-state index contributed by atoms with van der Waals surface area (Å²) in [4.78, 5) is 14.6. The van der Waals surface area contributed by atoms with Crippen LogP contribution in [0.3, 0.4) is 0 Å². The molecule has 1 aromatic rings. The second kappa shape index (κ2) is 8.55. The molecule has 0 aliphatic carbocycles. The van der Waals surface area contributed by atoms with E-state index in [0.717, 1.165) is 25.8 Å². The largest absolute Gasteiger partial charge is 0.444 e. The van der Waals surface area contributed by atoms with Crippen molar-refractivity contribution in [3.63, 3.8) is 0 Å². The summed E-state index contributed by atoms with van der Waals surface area (Å²) in [5, 5.41) is 0. The fourth-order valence-corrected chi connectivity index (χ4v) is 3.44. The van der Waals surface area contributed by atoms with E-state index in [1.165, 1.54) is 36.8 Å². The molecule has 0 saturated heterocycles. The van der Waals surface area contributed by atoms with Crippen molar-refractivity contribution in [2.45, 2.75) is 84.3 Å². The van der Waals surface area contributed by atoms with Gasteiger partial charge in [-0.15, -0.1) is 0 Å². The van der Waals surface area contributed by atoms with Gasteiger partial charge in [-0.1, -0.05) is 63.3 Å². The Bertz CT molecular complexity index is 533. The number of nitrogens with zero attached hydrogens (tertiary/aromatic N) is 1. The summed E-state index contributed by atoms with van der Waals surface area (Å²) in [6, 6.07) is 8.72. The van der Waals surface area contributed by atoms with Crippen LogP contribution in [-0.2, 0) is 11.2 Å². The number of benzene rings is 1. The first-order chi connectivity index (χ1) is 11.4. The highest BCUT2D eigenvalue weighted by Crippen LogP contribution is 2.34. The first-order valence-electron chi connectivity index (χ1n) is 9.50. The number of hydrogen-bond acceptors (Lipinski definition) is 2. The quantitative estimate of drug-likeness (QED) is 0.609. The van der Waals surface area contributed by atoms with Gasteiger partial charge in [0.25, 0.3) is 0 Å². The van der Waals surface area contributed by atoms with Gasteiger partial charge in [-0.3, -0.25) is 0 Å². The molecule has 0 spiro atoms. The van der Waals surface area contributed by atoms with Gasteiger partial charge in [-0.25, -0.2) is 4.79 Å². The number of carbonyl (C=O) groups is 1. The zero-order chi connectivity index (χ0) is 17.6. The molecule has 1 atom stereocenters. The van der Waals surface area contributed by atoms with Crippen LogP contribution >= 0.6 is 0 Å². The highest BCUT2D eigenvalue weighted by molar-refractivity contribution is 5.69. The van der Waals surface area contributed by atoms with E-state index in [9.17, 15) is 4.79 Å². The number of carbonyl (C=O) groups excluding carboxylic acids is 1. The van der Waals surface area contributed by atoms with Gasteiger partial charge >= 0.3 is 6.09 Å². The standard InChI is InChI=1S/C21H33NO2/c1-5-6-7-8-9-14-19-18-13-11-10-12-17(18)15-16-22(19)20(23)24-21(2,3)4/h10-13,19H,5-9,14-16H2,1-4H3/t19-/m0/s1. The molecule has 0 bridgehead atoms. The highest BCUT2D eigenvalue weighted by atomic mass is 16.6. The average Bonchev–Trinajstić information content (AvgIpc) is 2.53. The van der Waals surface area contributed by atoms with Crippen LogP contribution in [0.15, 0.2) is 24.3 Å². The van der Waals surface area contributed by atoms with E-state index in [-0.39, 0.29) is 12.1 Å². The van der Waals surface area contributed by atoms with Gasteiger partial charge in [0.05, 0.1) is 6.04 Å². The Morgan fingerprint density at radius 2 is 1.88 bits per heavy atom. The molecular weight excluding hydrogens is 298 g/mol. The van der Waals surface area contributed by atoms with Crippen LogP contribution < -0.4 is 0 Å². The van der Waals surface area contributed by atoms with Crippen LogP contribution in [0.1, 0.15) is 83.4 Å². The molecule has 0 aromatic heterocycles. The molecule has 1 aliphatic rings. The average molecular weight is 332 g/mol. The van der Waals surface area contributed by atoms with Gasteiger partial charge in [0.15, 0.2) is 0 Å². The van der Waals surface area contributed by atoms with Crippen LogP contribution in [-0.4, -0.2) is 23.1 Å². The van der Waals surface area contributed by atoms with Crippen molar-refractivity contribution in [2.24, 2.45) is 0 Å². The molecule has 0 unspecified atom stereocenters. The van der Waals surface area contributed by atoms with E-state index in [2.05, 4.69) is 31.2 Å². The predicted molar refractivity (Wildman–Crippen MR) is 99.2 cm³/mol. The van der Waals surface area contributed by atoms with E-state index >= 15 is 0 Å². The maximum absolute atomic E-state index is 12.7. The lowest BCUT2D eigenvalue weighted by Gasteiger charge is -2.38. The molecule has 1 aliphatic heterocycles. The normalized spacial score (nSPS) is 17.5. The maximum atomic E-state index is 12.7. The van der Waals surface area contributed by atoms with Crippen molar-refractivity contribution in [3.8, 4) is 0 Å². The molecule has 24 heavy (non-hydrogen) atoms. The Kier molecular flexibility index (Phi) is 6.70. The zero-order valence-corrected chi connectivity index (χ0v) is 15.8. The minimum atomic E-state index is -0.445. The maximum Gasteiger partial charge on any atom is 0.410 e. The molecular formula is C21H33NO2. The van der Waals surface area contributed by atoms with E-state index in [0.29, 0.717) is 0 Å². The molecule has 0 fully saturated rings. The summed E-state index contributed by atoms with van der Waals surface area (Å²) in [5.74, 6) is 0. The molecule has 0 saturated carbocycles. The Hall–Kier alpha value is -1.51. The van der Waals surface area contributed by atoms with Crippen molar-refractivity contribution >= 4 is 6.09 Å². The third kappa shape index (κ3) is 5.25. The third-order valence-corrected chi connectivity index (χ3v) is 4.62. The number of unbranched alkanes of at least 4 members (excludes halogenated alkanes) is 4. The van der Waals surface area contributed by atoms with Crippen LogP contribution in [0.25, 0.3) is 0 Å². The minimum Gasteiger partial charge on any atom is -0.444 e. The zero-order valence-electron chi connectivity index (χ0n) is 15.8. The molecule has 1 heterocycles. The van der Waals surface area contributed by atoms with E-state index in [4.69, 9.17) is 4.74 Å². The monoisotopic (exact) mass is 331 g/mol. The van der Waals surface area contributed by atoms with Crippen molar-refractivity contribution in [1.82, 2.24) is 4.90 Å². The molecule has 3 nitrogen and oxygen atoms in total. The number of rotatable bonds is 6. The molecule has 0 radical (unpaired) electrons. The second-order valence-corrected chi connectivity index (χ2v) is 7.84. The van der Waals surface area contributed by atoms with Crippen LogP contribution in [0.2, 0.25) is 0 Å². The first-order valence-corrected chi connectivity index (χ1v) is 9.50. The van der Waals surface area contributed by atoms with E-state index in [1.54, 1.807) is 0 Å². The van der Waals surface area contributed by atoms with Crippen molar-refractivity contribution in [1.29, 1.82) is 0 Å². The number of ether oxygens (including phenoxy) is 1. The molecule has 1 amide bonds. The van der Waals surface area contributed by atoms with Gasteiger partial charge in [0.2, 0.25) is 0 Å². The lowest BCUT2D eigenvalue weighted by atomic mass is 9.89. The summed E-state index contributed by atoms with van der Waals surface area (Å²) in [6.45, 7) is 8.79. The molecule has 3 heteroatoms. The van der Waals surface area contributed by atoms with Gasteiger partial charge in [-0.05, 0) is 44.7 Å². The van der Waals surface area contributed by atoms with Crippen molar-refractivity contribution in [3.05, 3.63) is 35.4 Å². The van der Waals surface area contributed by atoms with Crippen molar-refractivity contribution in [2.75, 3.05) is 6.54 Å². The van der Waals surface area contributed by atoms with Crippen molar-refractivity contribution < 1.29 is 9.53 Å². The second-order valence-electron chi connectivity index (χ2n) is 7.84. The molecule has 0 N–H and O–H groups in total. The number of fused-ring (bicyclic) bond motifs is 1. The predicted octanol–water partition coefficient (Wildman–Crippen LogP) is 5.88. The van der Waals surface area contributed by atoms with Gasteiger partial charge < -0.3 is 9.64 Å². The lowest BCUT2D eigenvalue weighted by molar-refractivity contribution is 0.0129. The highest BCUT2D eigenvalue weighted by Gasteiger charge is 2.32. The van der Waals surface area contributed by atoms with Crippen LogP contribution in [0.4, 0.5) is 4.79 Å². The van der Waals surface area contributed by atoms with Crippen LogP contribution in [0.5, 0.6) is 0 Å². The minimum absolute atomic E-state index is 0.159. The molecule has 2 rings (SSSR count). The Balaban J connectivity index is 2.09. The van der Waals surface area contributed by atoms with Gasteiger partial charge in [-0.2, -0.15) is 0 Å². The lowest BCUT2D eigenvalue weighted by Crippen LogP contribution is -2.43. The van der Waals surface area contributed by atoms with Crippen LogP contribution in [0, 0.1) is 0 Å². The SMILES string of the molecule is CCCCCCC[C@H]1c2ccccc2CCN1C(=O)OC(C)(C)C. The fourth-order valence-electron chi connectivity index (χ4n) is 3.44. The Morgan fingerprint density at radius 3 is 2.58 bits per heavy atom. The van der Waals surface area contributed by atoms with E-state index in [1.807, 2.05) is 25.7 Å². The number of amides is 1. The third-order valence-electron chi connectivity index (χ3n) is 4.62. The summed E-state index contributed by atoms with van der Waals surface area (Å²) < 4.78 is 5.65. The fraction of sp³-hybridized carbons (Fsp3) is 0.667. The number of hydrogen-bond donors (Lipinski definition) is 0. The topological polar surface area (TPSA) is 29.5 Å². The Labute approximate surface area is 147 Å². The summed E-state index contributed by atoms with van der Waals surface area (Å²) in [5.41, 5.74) is 2.25. The molecule has 134 valence electrons. The smallest absolute Gasteiger partial charge is 0.410 e. The Morgan fingerprint density at radius 1 is 1.17 bits per heavy atom. The first kappa shape index (κ1) is 18.8. The summed E-state index contributed by atoms with van der Waals surface area (Å²) in [6.07, 6.45) is 8.04.